The van der Waals surface area contributed by atoms with Gasteiger partial charge >= 0.3 is 0 Å². The third kappa shape index (κ3) is 3.58. The summed E-state index contributed by atoms with van der Waals surface area (Å²) >= 11 is 0. The molecule has 0 bridgehead atoms. The second-order valence-electron chi connectivity index (χ2n) is 5.54. The molecule has 1 fully saturated rings. The van der Waals surface area contributed by atoms with Gasteiger partial charge in [0.2, 0.25) is 0 Å². The average Bonchev–Trinajstić information content (AvgIpc) is 2.67. The van der Waals surface area contributed by atoms with Gasteiger partial charge in [-0.15, -0.1) is 0 Å². The van der Waals surface area contributed by atoms with Crippen LogP contribution in [0.25, 0.3) is 0 Å². The second-order valence-corrected chi connectivity index (χ2v) is 5.54. The van der Waals surface area contributed by atoms with E-state index in [9.17, 15) is 0 Å². The molecule has 0 saturated heterocycles. The molecule has 0 heterocycles. The van der Waals surface area contributed by atoms with Crippen molar-refractivity contribution in [1.82, 2.24) is 5.32 Å². The Labute approximate surface area is 88.1 Å². The Kier molecular flexibility index (Phi) is 4.39. The fraction of sp³-hybridized carbons (Fsp3) is 1.00. The van der Waals surface area contributed by atoms with Gasteiger partial charge in [-0.25, -0.2) is 0 Å². The molecule has 0 amide bonds. The molecule has 1 aliphatic carbocycles. The highest BCUT2D eigenvalue weighted by Crippen LogP contribution is 2.27. The maximum absolute atomic E-state index is 9.13. The predicted octanol–water partition coefficient (Wildman–Crippen LogP) is 2.17. The lowest BCUT2D eigenvalue weighted by Gasteiger charge is -2.27. The van der Waals surface area contributed by atoms with Gasteiger partial charge in [-0.3, -0.25) is 0 Å². The van der Waals surface area contributed by atoms with Crippen LogP contribution in [0.1, 0.15) is 46.5 Å². The number of hydrogen-bond acceptors (Lipinski definition) is 2. The van der Waals surface area contributed by atoms with Crippen molar-refractivity contribution in [1.29, 1.82) is 0 Å². The first kappa shape index (κ1) is 12.0. The van der Waals surface area contributed by atoms with Crippen LogP contribution >= 0.6 is 0 Å². The van der Waals surface area contributed by atoms with Crippen molar-refractivity contribution in [3.05, 3.63) is 0 Å². The Hall–Kier alpha value is -0.0800. The Balaban J connectivity index is 2.23. The first-order chi connectivity index (χ1) is 6.55. The van der Waals surface area contributed by atoms with Crippen molar-refractivity contribution in [2.75, 3.05) is 13.2 Å². The minimum absolute atomic E-state index is 0.0207. The van der Waals surface area contributed by atoms with Crippen LogP contribution in [0.4, 0.5) is 0 Å². The van der Waals surface area contributed by atoms with E-state index in [1.54, 1.807) is 0 Å². The number of aliphatic hydroxyl groups excluding tert-OH is 1. The van der Waals surface area contributed by atoms with Crippen LogP contribution in [0, 0.1) is 11.3 Å². The van der Waals surface area contributed by atoms with Gasteiger partial charge in [-0.05, 0) is 25.7 Å². The van der Waals surface area contributed by atoms with Crippen molar-refractivity contribution >= 4 is 0 Å². The highest BCUT2D eigenvalue weighted by atomic mass is 16.3. The molecule has 84 valence electrons. The van der Waals surface area contributed by atoms with Gasteiger partial charge in [-0.1, -0.05) is 26.7 Å². The lowest BCUT2D eigenvalue weighted by atomic mass is 9.93. The van der Waals surface area contributed by atoms with E-state index in [0.717, 1.165) is 12.5 Å². The highest BCUT2D eigenvalue weighted by Gasteiger charge is 2.23. The Bertz CT molecular complexity index is 162. The van der Waals surface area contributed by atoms with E-state index in [0.29, 0.717) is 6.04 Å². The SMILES string of the molecule is C[C@@H](NCC(C)(C)CO)C1CCCC1. The standard InChI is InChI=1S/C12H25NO/c1-10(11-6-4-5-7-11)13-8-12(2,3)9-14/h10-11,13-14H,4-9H2,1-3H3/t10-/m1/s1. The second kappa shape index (κ2) is 5.13. The summed E-state index contributed by atoms with van der Waals surface area (Å²) in [5.41, 5.74) is 0.0207. The highest BCUT2D eigenvalue weighted by molar-refractivity contribution is 4.80. The molecule has 0 aromatic heterocycles. The molecule has 1 aliphatic rings. The average molecular weight is 199 g/mol. The summed E-state index contributed by atoms with van der Waals surface area (Å²) in [4.78, 5) is 0. The van der Waals surface area contributed by atoms with E-state index in [1.807, 2.05) is 0 Å². The largest absolute Gasteiger partial charge is 0.396 e. The molecule has 2 heteroatoms. The van der Waals surface area contributed by atoms with Crippen molar-refractivity contribution in [2.24, 2.45) is 11.3 Å². The third-order valence-corrected chi connectivity index (χ3v) is 3.44. The summed E-state index contributed by atoms with van der Waals surface area (Å²) in [6.07, 6.45) is 5.57. The normalized spacial score (nSPS) is 21.4. The Morgan fingerprint density at radius 1 is 1.36 bits per heavy atom. The Morgan fingerprint density at radius 3 is 2.43 bits per heavy atom. The number of rotatable bonds is 5. The molecule has 14 heavy (non-hydrogen) atoms. The zero-order valence-corrected chi connectivity index (χ0v) is 9.84. The molecule has 2 N–H and O–H groups in total. The van der Waals surface area contributed by atoms with E-state index in [2.05, 4.69) is 26.1 Å². The molecular formula is C12H25NO. The zero-order chi connectivity index (χ0) is 10.6. The van der Waals surface area contributed by atoms with Gasteiger partial charge < -0.3 is 10.4 Å². The van der Waals surface area contributed by atoms with E-state index < -0.39 is 0 Å². The van der Waals surface area contributed by atoms with Crippen LogP contribution in [0.2, 0.25) is 0 Å². The van der Waals surface area contributed by atoms with Crippen LogP contribution in [0.5, 0.6) is 0 Å². The summed E-state index contributed by atoms with van der Waals surface area (Å²) in [6, 6.07) is 0.614. The minimum atomic E-state index is 0.0207. The monoisotopic (exact) mass is 199 g/mol. The van der Waals surface area contributed by atoms with Crippen molar-refractivity contribution in [3.63, 3.8) is 0 Å². The van der Waals surface area contributed by atoms with Crippen LogP contribution in [0.3, 0.4) is 0 Å². The summed E-state index contributed by atoms with van der Waals surface area (Å²) in [5.74, 6) is 0.865. The van der Waals surface area contributed by atoms with Gasteiger partial charge in [0.1, 0.15) is 0 Å². The molecule has 0 radical (unpaired) electrons. The van der Waals surface area contributed by atoms with E-state index in [1.165, 1.54) is 25.7 Å². The van der Waals surface area contributed by atoms with Gasteiger partial charge in [0.15, 0.2) is 0 Å². The lowest BCUT2D eigenvalue weighted by Crippen LogP contribution is -2.40. The molecule has 0 unspecified atom stereocenters. The van der Waals surface area contributed by atoms with E-state index >= 15 is 0 Å². The van der Waals surface area contributed by atoms with Crippen LogP contribution in [0.15, 0.2) is 0 Å². The fourth-order valence-corrected chi connectivity index (χ4v) is 2.12. The van der Waals surface area contributed by atoms with Crippen molar-refractivity contribution < 1.29 is 5.11 Å². The van der Waals surface area contributed by atoms with Gasteiger partial charge in [0, 0.05) is 24.6 Å². The maximum Gasteiger partial charge on any atom is 0.0494 e. The molecule has 0 aromatic rings. The van der Waals surface area contributed by atoms with Crippen LogP contribution in [-0.4, -0.2) is 24.3 Å². The molecule has 1 saturated carbocycles. The van der Waals surface area contributed by atoms with Crippen molar-refractivity contribution in [3.8, 4) is 0 Å². The smallest absolute Gasteiger partial charge is 0.0494 e. The van der Waals surface area contributed by atoms with Gasteiger partial charge in [0.05, 0.1) is 0 Å². The maximum atomic E-state index is 9.13. The number of nitrogens with one attached hydrogen (secondary N) is 1. The molecule has 2 nitrogen and oxygen atoms in total. The minimum Gasteiger partial charge on any atom is -0.396 e. The van der Waals surface area contributed by atoms with Crippen LogP contribution in [-0.2, 0) is 0 Å². The molecule has 0 aliphatic heterocycles. The quantitative estimate of drug-likeness (QED) is 0.711. The summed E-state index contributed by atoms with van der Waals surface area (Å²) < 4.78 is 0. The molecule has 0 aromatic carbocycles. The number of hydrogen-bond donors (Lipinski definition) is 2. The molecular weight excluding hydrogens is 174 g/mol. The third-order valence-electron chi connectivity index (χ3n) is 3.44. The molecule has 1 atom stereocenters. The lowest BCUT2D eigenvalue weighted by molar-refractivity contribution is 0.150. The zero-order valence-electron chi connectivity index (χ0n) is 9.84. The van der Waals surface area contributed by atoms with Gasteiger partial charge in [-0.2, -0.15) is 0 Å². The predicted molar refractivity (Wildman–Crippen MR) is 60.3 cm³/mol. The summed E-state index contributed by atoms with van der Waals surface area (Å²) in [5, 5.41) is 12.7. The van der Waals surface area contributed by atoms with Gasteiger partial charge in [0.25, 0.3) is 0 Å². The first-order valence-corrected chi connectivity index (χ1v) is 5.89. The first-order valence-electron chi connectivity index (χ1n) is 5.89. The molecule has 1 rings (SSSR count). The summed E-state index contributed by atoms with van der Waals surface area (Å²) in [6.45, 7) is 7.66. The van der Waals surface area contributed by atoms with E-state index in [-0.39, 0.29) is 12.0 Å². The topological polar surface area (TPSA) is 32.3 Å². The Morgan fingerprint density at radius 2 is 1.93 bits per heavy atom. The number of aliphatic hydroxyl groups is 1. The molecule has 0 spiro atoms. The van der Waals surface area contributed by atoms with E-state index in [4.69, 9.17) is 5.11 Å². The fourth-order valence-electron chi connectivity index (χ4n) is 2.12. The van der Waals surface area contributed by atoms with Crippen molar-refractivity contribution in [2.45, 2.75) is 52.5 Å². The summed E-state index contributed by atoms with van der Waals surface area (Å²) in [7, 11) is 0. The van der Waals surface area contributed by atoms with Crippen LogP contribution < -0.4 is 5.32 Å².